The van der Waals surface area contributed by atoms with Gasteiger partial charge >= 0.3 is 0 Å². The Balaban J connectivity index is 1.47. The second-order valence-electron chi connectivity index (χ2n) is 6.60. The topological polar surface area (TPSA) is 101 Å². The molecule has 2 amide bonds. The molecule has 1 saturated heterocycles. The number of furan rings is 1. The first-order chi connectivity index (χ1) is 12.1. The number of nitrogens with zero attached hydrogens (tertiary/aromatic N) is 3. The molecule has 8 nitrogen and oxygen atoms in total. The van der Waals surface area contributed by atoms with Gasteiger partial charge in [-0.05, 0) is 37.8 Å². The molecule has 1 N–H and O–H groups in total. The number of aromatic nitrogens is 2. The first-order valence-corrected chi connectivity index (χ1v) is 8.59. The number of hydrogen-bond donors (Lipinski definition) is 1. The summed E-state index contributed by atoms with van der Waals surface area (Å²) in [5.74, 6) is 2.14. The molecule has 132 valence electrons. The highest BCUT2D eigenvalue weighted by Crippen LogP contribution is 2.40. The lowest BCUT2D eigenvalue weighted by atomic mass is 10.2. The van der Waals surface area contributed by atoms with Crippen LogP contribution in [-0.4, -0.2) is 33.4 Å². The van der Waals surface area contributed by atoms with Gasteiger partial charge in [0.2, 0.25) is 11.8 Å². The van der Waals surface area contributed by atoms with Gasteiger partial charge in [0, 0.05) is 19.4 Å². The third-order valence-corrected chi connectivity index (χ3v) is 4.58. The molecule has 1 unspecified atom stereocenters. The average Bonchev–Trinajstić information content (AvgIpc) is 3.05. The van der Waals surface area contributed by atoms with Gasteiger partial charge in [-0.2, -0.15) is 4.98 Å². The molecule has 2 fully saturated rings. The first kappa shape index (κ1) is 15.9. The highest BCUT2D eigenvalue weighted by Gasteiger charge is 2.37. The van der Waals surface area contributed by atoms with E-state index in [-0.39, 0.29) is 30.2 Å². The maximum atomic E-state index is 12.8. The van der Waals surface area contributed by atoms with Gasteiger partial charge in [-0.1, -0.05) is 5.16 Å². The summed E-state index contributed by atoms with van der Waals surface area (Å²) in [4.78, 5) is 30.0. The van der Waals surface area contributed by atoms with E-state index in [9.17, 15) is 9.59 Å². The van der Waals surface area contributed by atoms with E-state index >= 15 is 0 Å². The number of likely N-dealkylation sites (tertiary alicyclic amines) is 1. The molecule has 1 atom stereocenters. The number of carbonyl (C=O) groups excluding carboxylic acids is 2. The van der Waals surface area contributed by atoms with Gasteiger partial charge in [0.25, 0.3) is 5.91 Å². The monoisotopic (exact) mass is 344 g/mol. The summed E-state index contributed by atoms with van der Waals surface area (Å²) in [5, 5.41) is 6.73. The lowest BCUT2D eigenvalue weighted by molar-refractivity contribution is -0.119. The van der Waals surface area contributed by atoms with E-state index in [1.807, 2.05) is 0 Å². The number of hydrogen-bond acceptors (Lipinski definition) is 6. The molecule has 25 heavy (non-hydrogen) atoms. The van der Waals surface area contributed by atoms with Crippen LogP contribution >= 0.6 is 0 Å². The minimum atomic E-state index is -0.186. The largest absolute Gasteiger partial charge is 0.454 e. The SMILES string of the molecule is CC(=O)NCc1ccc(C(=O)N2CCCC2c2noc(C3CC3)n2)o1. The van der Waals surface area contributed by atoms with Crippen molar-refractivity contribution in [2.45, 2.75) is 51.1 Å². The fraction of sp³-hybridized carbons (Fsp3) is 0.529. The van der Waals surface area contributed by atoms with Crippen LogP contribution in [0, 0.1) is 0 Å². The molecule has 3 heterocycles. The Morgan fingerprint density at radius 1 is 1.32 bits per heavy atom. The number of amides is 2. The van der Waals surface area contributed by atoms with E-state index in [4.69, 9.17) is 8.94 Å². The summed E-state index contributed by atoms with van der Waals surface area (Å²) in [7, 11) is 0. The molecule has 8 heteroatoms. The molecule has 2 aromatic rings. The Kier molecular flexibility index (Phi) is 4.03. The third-order valence-electron chi connectivity index (χ3n) is 4.58. The van der Waals surface area contributed by atoms with E-state index in [1.54, 1.807) is 17.0 Å². The zero-order valence-corrected chi connectivity index (χ0v) is 14.0. The Morgan fingerprint density at radius 2 is 2.16 bits per heavy atom. The Morgan fingerprint density at radius 3 is 2.92 bits per heavy atom. The highest BCUT2D eigenvalue weighted by molar-refractivity contribution is 5.92. The smallest absolute Gasteiger partial charge is 0.290 e. The summed E-state index contributed by atoms with van der Waals surface area (Å²) < 4.78 is 10.9. The standard InChI is InChI=1S/C17H20N4O4/c1-10(22)18-9-12-6-7-14(24-12)17(23)21-8-2-3-13(21)15-19-16(25-20-15)11-4-5-11/h6-7,11,13H,2-5,8-9H2,1H3,(H,18,22). The van der Waals surface area contributed by atoms with Gasteiger partial charge in [0.15, 0.2) is 11.6 Å². The predicted octanol–water partition coefficient (Wildman–Crippen LogP) is 2.15. The maximum Gasteiger partial charge on any atom is 0.290 e. The summed E-state index contributed by atoms with van der Waals surface area (Å²) in [5.41, 5.74) is 0. The second kappa shape index (κ2) is 6.34. The summed E-state index contributed by atoms with van der Waals surface area (Å²) in [6, 6.07) is 3.17. The van der Waals surface area contributed by atoms with Crippen molar-refractivity contribution in [3.8, 4) is 0 Å². The molecular weight excluding hydrogens is 324 g/mol. The first-order valence-electron chi connectivity index (χ1n) is 8.59. The van der Waals surface area contributed by atoms with Crippen LogP contribution in [0.4, 0.5) is 0 Å². The highest BCUT2D eigenvalue weighted by atomic mass is 16.5. The van der Waals surface area contributed by atoms with E-state index in [2.05, 4.69) is 15.5 Å². The van der Waals surface area contributed by atoms with E-state index in [0.717, 1.165) is 25.7 Å². The van der Waals surface area contributed by atoms with Crippen LogP contribution in [0.25, 0.3) is 0 Å². The lowest BCUT2D eigenvalue weighted by Gasteiger charge is -2.20. The van der Waals surface area contributed by atoms with Crippen molar-refractivity contribution < 1.29 is 18.5 Å². The van der Waals surface area contributed by atoms with Gasteiger partial charge in [-0.3, -0.25) is 9.59 Å². The molecule has 2 aromatic heterocycles. The number of rotatable bonds is 5. The summed E-state index contributed by atoms with van der Waals surface area (Å²) in [6.07, 6.45) is 3.90. The summed E-state index contributed by atoms with van der Waals surface area (Å²) in [6.45, 7) is 2.34. The normalized spacial score (nSPS) is 20.0. The van der Waals surface area contributed by atoms with Crippen LogP contribution in [0.2, 0.25) is 0 Å². The maximum absolute atomic E-state index is 12.8. The van der Waals surface area contributed by atoms with Gasteiger partial charge in [-0.15, -0.1) is 0 Å². The molecule has 4 rings (SSSR count). The molecule has 1 aliphatic carbocycles. The van der Waals surface area contributed by atoms with Crippen LogP contribution in [0.15, 0.2) is 21.1 Å². The van der Waals surface area contributed by atoms with E-state index in [0.29, 0.717) is 29.9 Å². The Bertz CT molecular complexity index is 792. The Hall–Kier alpha value is -2.64. The third kappa shape index (κ3) is 3.29. The van der Waals surface area contributed by atoms with Crippen LogP contribution in [0.1, 0.15) is 72.6 Å². The molecule has 0 bridgehead atoms. The molecule has 0 spiro atoms. The minimum Gasteiger partial charge on any atom is -0.454 e. The molecule has 1 aliphatic heterocycles. The molecule has 2 aliphatic rings. The van der Waals surface area contributed by atoms with Gasteiger partial charge in [0.05, 0.1) is 12.6 Å². The predicted molar refractivity (Wildman–Crippen MR) is 85.5 cm³/mol. The quantitative estimate of drug-likeness (QED) is 0.892. The minimum absolute atomic E-state index is 0.146. The van der Waals surface area contributed by atoms with Gasteiger partial charge < -0.3 is 19.2 Å². The van der Waals surface area contributed by atoms with Crippen molar-refractivity contribution in [1.29, 1.82) is 0 Å². The van der Waals surface area contributed by atoms with Crippen molar-refractivity contribution in [2.24, 2.45) is 0 Å². The van der Waals surface area contributed by atoms with Crippen molar-refractivity contribution >= 4 is 11.8 Å². The van der Waals surface area contributed by atoms with Gasteiger partial charge in [-0.25, -0.2) is 0 Å². The van der Waals surface area contributed by atoms with Gasteiger partial charge in [0.1, 0.15) is 5.76 Å². The van der Waals surface area contributed by atoms with E-state index in [1.165, 1.54) is 6.92 Å². The second-order valence-corrected chi connectivity index (χ2v) is 6.60. The lowest BCUT2D eigenvalue weighted by Crippen LogP contribution is -2.30. The molecule has 0 radical (unpaired) electrons. The van der Waals surface area contributed by atoms with Crippen LogP contribution in [0.3, 0.4) is 0 Å². The summed E-state index contributed by atoms with van der Waals surface area (Å²) >= 11 is 0. The van der Waals surface area contributed by atoms with Crippen LogP contribution in [-0.2, 0) is 11.3 Å². The molecular formula is C17H20N4O4. The van der Waals surface area contributed by atoms with Crippen LogP contribution < -0.4 is 5.32 Å². The van der Waals surface area contributed by atoms with Crippen molar-refractivity contribution in [3.05, 3.63) is 35.4 Å². The zero-order valence-electron chi connectivity index (χ0n) is 14.0. The Labute approximate surface area is 144 Å². The van der Waals surface area contributed by atoms with Crippen LogP contribution in [0.5, 0.6) is 0 Å². The van der Waals surface area contributed by atoms with Crippen molar-refractivity contribution in [2.75, 3.05) is 6.54 Å². The zero-order chi connectivity index (χ0) is 17.4. The fourth-order valence-electron chi connectivity index (χ4n) is 3.10. The molecule has 1 saturated carbocycles. The van der Waals surface area contributed by atoms with E-state index < -0.39 is 0 Å². The average molecular weight is 344 g/mol. The molecule has 0 aromatic carbocycles. The fourth-order valence-corrected chi connectivity index (χ4v) is 3.10. The van der Waals surface area contributed by atoms with Crippen molar-refractivity contribution in [1.82, 2.24) is 20.4 Å². The number of carbonyl (C=O) groups is 2. The van der Waals surface area contributed by atoms with Crippen molar-refractivity contribution in [3.63, 3.8) is 0 Å². The number of nitrogens with one attached hydrogen (secondary N) is 1.